The van der Waals surface area contributed by atoms with Crippen molar-refractivity contribution in [3.8, 4) is 11.3 Å². The predicted molar refractivity (Wildman–Crippen MR) is 86.7 cm³/mol. The van der Waals surface area contributed by atoms with Gasteiger partial charge in [-0.3, -0.25) is 4.40 Å². The van der Waals surface area contributed by atoms with Crippen LogP contribution in [0.5, 0.6) is 0 Å². The summed E-state index contributed by atoms with van der Waals surface area (Å²) in [5, 5.41) is 0.656. The zero-order chi connectivity index (χ0) is 14.4. The number of benzene rings is 1. The van der Waals surface area contributed by atoms with Gasteiger partial charge in [-0.15, -0.1) is 0 Å². The van der Waals surface area contributed by atoms with Crippen LogP contribution in [0.3, 0.4) is 0 Å². The molecule has 4 rings (SSSR count). The molecular formula is C17H16ClN3. The number of nitrogen functional groups attached to an aromatic ring is 1. The van der Waals surface area contributed by atoms with Gasteiger partial charge >= 0.3 is 0 Å². The van der Waals surface area contributed by atoms with Crippen molar-refractivity contribution < 1.29 is 0 Å². The molecule has 0 radical (unpaired) electrons. The van der Waals surface area contributed by atoms with Gasteiger partial charge in [-0.05, 0) is 55.0 Å². The molecule has 2 heterocycles. The van der Waals surface area contributed by atoms with Crippen LogP contribution in [-0.4, -0.2) is 9.38 Å². The Bertz CT molecular complexity index is 835. The lowest BCUT2D eigenvalue weighted by Crippen LogP contribution is -2.02. The van der Waals surface area contributed by atoms with Crippen molar-refractivity contribution >= 4 is 23.1 Å². The Morgan fingerprint density at radius 3 is 2.71 bits per heavy atom. The van der Waals surface area contributed by atoms with E-state index in [1.165, 1.54) is 30.4 Å². The Hall–Kier alpha value is -2.00. The number of nitrogens with two attached hydrogens (primary N) is 1. The van der Waals surface area contributed by atoms with E-state index in [-0.39, 0.29) is 0 Å². The van der Waals surface area contributed by atoms with Gasteiger partial charge in [0.25, 0.3) is 0 Å². The first kappa shape index (κ1) is 12.7. The molecule has 0 bridgehead atoms. The minimum atomic E-state index is 0.642. The number of aromatic nitrogens is 2. The highest BCUT2D eigenvalue weighted by Crippen LogP contribution is 2.31. The molecule has 0 unspecified atom stereocenters. The number of halogens is 1. The van der Waals surface area contributed by atoms with Crippen LogP contribution in [0.2, 0.25) is 5.02 Å². The molecule has 0 fully saturated rings. The summed E-state index contributed by atoms with van der Waals surface area (Å²) in [7, 11) is 0. The highest BCUT2D eigenvalue weighted by atomic mass is 35.5. The van der Waals surface area contributed by atoms with Crippen LogP contribution < -0.4 is 5.73 Å². The molecule has 106 valence electrons. The van der Waals surface area contributed by atoms with E-state index in [9.17, 15) is 0 Å². The fourth-order valence-electron chi connectivity index (χ4n) is 3.13. The number of imidazole rings is 1. The molecule has 4 heteroatoms. The Labute approximate surface area is 128 Å². The number of hydrogen-bond donors (Lipinski definition) is 1. The zero-order valence-corrected chi connectivity index (χ0v) is 12.4. The van der Waals surface area contributed by atoms with Gasteiger partial charge in [0.15, 0.2) is 0 Å². The number of rotatable bonds is 1. The fourth-order valence-corrected chi connectivity index (χ4v) is 3.29. The van der Waals surface area contributed by atoms with Crippen molar-refractivity contribution in [2.75, 3.05) is 5.73 Å². The van der Waals surface area contributed by atoms with Gasteiger partial charge in [-0.25, -0.2) is 4.98 Å². The van der Waals surface area contributed by atoms with E-state index in [4.69, 9.17) is 17.3 Å². The number of fused-ring (bicyclic) bond motifs is 2. The van der Waals surface area contributed by atoms with Crippen LogP contribution in [0.15, 0.2) is 36.5 Å². The highest BCUT2D eigenvalue weighted by Gasteiger charge is 2.15. The summed E-state index contributed by atoms with van der Waals surface area (Å²) in [6.45, 7) is 0. The number of pyridine rings is 1. The molecule has 1 aromatic carbocycles. The van der Waals surface area contributed by atoms with Gasteiger partial charge < -0.3 is 5.73 Å². The molecule has 0 spiro atoms. The third kappa shape index (κ3) is 2.09. The van der Waals surface area contributed by atoms with Crippen molar-refractivity contribution in [3.63, 3.8) is 0 Å². The van der Waals surface area contributed by atoms with E-state index in [2.05, 4.69) is 23.2 Å². The minimum Gasteiger partial charge on any atom is -0.383 e. The van der Waals surface area contributed by atoms with E-state index >= 15 is 0 Å². The van der Waals surface area contributed by atoms with Crippen molar-refractivity contribution in [1.29, 1.82) is 0 Å². The molecule has 0 saturated heterocycles. The maximum atomic E-state index is 6.26. The molecule has 1 aliphatic carbocycles. The summed E-state index contributed by atoms with van der Waals surface area (Å²) < 4.78 is 1.84. The summed E-state index contributed by atoms with van der Waals surface area (Å²) in [6, 6.07) is 10.3. The summed E-state index contributed by atoms with van der Waals surface area (Å²) in [5.74, 6) is 0.642. The van der Waals surface area contributed by atoms with E-state index < -0.39 is 0 Å². The molecule has 2 N–H and O–H groups in total. The lowest BCUT2D eigenvalue weighted by Gasteiger charge is -2.16. The number of anilines is 1. The quantitative estimate of drug-likeness (QED) is 0.734. The second kappa shape index (κ2) is 4.78. The summed E-state index contributed by atoms with van der Waals surface area (Å²) in [5.41, 5.74) is 11.9. The molecule has 0 amide bonds. The third-order valence-corrected chi connectivity index (χ3v) is 4.46. The molecule has 1 aliphatic rings. The predicted octanol–water partition coefficient (Wildman–Crippen LogP) is 4.12. The Kier molecular flexibility index (Phi) is 2.89. The van der Waals surface area contributed by atoms with Crippen molar-refractivity contribution in [2.24, 2.45) is 0 Å². The summed E-state index contributed by atoms with van der Waals surface area (Å²) in [4.78, 5) is 4.65. The SMILES string of the molecule is Nc1c(-c2ccc3c(c2)CCCC3)nc2ccc(Cl)cn12. The van der Waals surface area contributed by atoms with Crippen LogP contribution >= 0.6 is 11.6 Å². The second-order valence-electron chi connectivity index (χ2n) is 5.61. The summed E-state index contributed by atoms with van der Waals surface area (Å²) >= 11 is 6.04. The van der Waals surface area contributed by atoms with Gasteiger partial charge in [0, 0.05) is 11.8 Å². The first-order valence-corrected chi connectivity index (χ1v) is 7.65. The van der Waals surface area contributed by atoms with Crippen molar-refractivity contribution in [2.45, 2.75) is 25.7 Å². The molecule has 3 aromatic rings. The third-order valence-electron chi connectivity index (χ3n) is 4.24. The average molecular weight is 298 g/mol. The van der Waals surface area contributed by atoms with Gasteiger partial charge in [-0.2, -0.15) is 0 Å². The Balaban J connectivity index is 1.88. The molecule has 0 aliphatic heterocycles. The van der Waals surface area contributed by atoms with Crippen LogP contribution in [-0.2, 0) is 12.8 Å². The Morgan fingerprint density at radius 2 is 1.86 bits per heavy atom. The lowest BCUT2D eigenvalue weighted by atomic mass is 9.90. The van der Waals surface area contributed by atoms with E-state index in [0.29, 0.717) is 10.8 Å². The summed E-state index contributed by atoms with van der Waals surface area (Å²) in [6.07, 6.45) is 6.71. The van der Waals surface area contributed by atoms with Gasteiger partial charge in [0.2, 0.25) is 0 Å². The van der Waals surface area contributed by atoms with Crippen molar-refractivity contribution in [1.82, 2.24) is 9.38 Å². The van der Waals surface area contributed by atoms with Crippen LogP contribution in [0.4, 0.5) is 5.82 Å². The normalized spacial score (nSPS) is 14.3. The Morgan fingerprint density at radius 1 is 1.05 bits per heavy atom. The standard InChI is InChI=1S/C17H16ClN3/c18-14-7-8-15-20-16(17(19)21(15)10-14)13-6-5-11-3-1-2-4-12(11)9-13/h5-10H,1-4,19H2. The first-order chi connectivity index (χ1) is 10.2. The van der Waals surface area contributed by atoms with Gasteiger partial charge in [-0.1, -0.05) is 23.7 Å². The molecule has 3 nitrogen and oxygen atoms in total. The van der Waals surface area contributed by atoms with E-state index in [1.54, 1.807) is 6.20 Å². The maximum absolute atomic E-state index is 6.26. The largest absolute Gasteiger partial charge is 0.383 e. The number of nitrogens with zero attached hydrogens (tertiary/aromatic N) is 2. The maximum Gasteiger partial charge on any atom is 0.139 e. The average Bonchev–Trinajstić information content (AvgIpc) is 2.84. The van der Waals surface area contributed by atoms with E-state index in [0.717, 1.165) is 23.3 Å². The first-order valence-electron chi connectivity index (χ1n) is 7.27. The van der Waals surface area contributed by atoms with Crippen LogP contribution in [0, 0.1) is 0 Å². The topological polar surface area (TPSA) is 43.3 Å². The van der Waals surface area contributed by atoms with Gasteiger partial charge in [0.05, 0.1) is 5.02 Å². The molecular weight excluding hydrogens is 282 g/mol. The molecule has 0 atom stereocenters. The number of aryl methyl sites for hydroxylation is 2. The van der Waals surface area contributed by atoms with Crippen molar-refractivity contribution in [3.05, 3.63) is 52.7 Å². The highest BCUT2D eigenvalue weighted by molar-refractivity contribution is 6.30. The number of hydrogen-bond acceptors (Lipinski definition) is 2. The minimum absolute atomic E-state index is 0.642. The second-order valence-corrected chi connectivity index (χ2v) is 6.05. The van der Waals surface area contributed by atoms with Crippen LogP contribution in [0.1, 0.15) is 24.0 Å². The zero-order valence-electron chi connectivity index (χ0n) is 11.6. The molecule has 0 saturated carbocycles. The smallest absolute Gasteiger partial charge is 0.139 e. The molecule has 2 aromatic heterocycles. The van der Waals surface area contributed by atoms with Crippen LogP contribution in [0.25, 0.3) is 16.9 Å². The van der Waals surface area contributed by atoms with Gasteiger partial charge in [0.1, 0.15) is 17.2 Å². The lowest BCUT2D eigenvalue weighted by molar-refractivity contribution is 0.686. The molecule has 21 heavy (non-hydrogen) atoms. The fraction of sp³-hybridized carbons (Fsp3) is 0.235. The van der Waals surface area contributed by atoms with E-state index in [1.807, 2.05) is 16.5 Å². The monoisotopic (exact) mass is 297 g/mol.